The maximum atomic E-state index is 13.8. The van der Waals surface area contributed by atoms with Crippen molar-refractivity contribution in [1.82, 2.24) is 43.6 Å². The van der Waals surface area contributed by atoms with Gasteiger partial charge in [-0.1, -0.05) is 138 Å². The molecule has 3 unspecified atom stereocenters. The van der Waals surface area contributed by atoms with Gasteiger partial charge in [0.2, 0.25) is 17.5 Å². The quantitative estimate of drug-likeness (QED) is 0.0202. The summed E-state index contributed by atoms with van der Waals surface area (Å²) in [5.74, 6) is -4.98. The Morgan fingerprint density at radius 2 is 0.662 bits per heavy atom. The number of rotatable bonds is 25. The third-order valence-corrected chi connectivity index (χ3v) is 21.5. The van der Waals surface area contributed by atoms with Gasteiger partial charge in [0.1, 0.15) is 23.3 Å². The Morgan fingerprint density at radius 3 is 0.946 bits per heavy atom. The van der Waals surface area contributed by atoms with Gasteiger partial charge in [-0.15, -0.1) is 0 Å². The van der Waals surface area contributed by atoms with Crippen LogP contribution in [0.1, 0.15) is 115 Å². The molecule has 0 bridgehead atoms. The largest absolute Gasteiger partial charge is 0.495 e. The van der Waals surface area contributed by atoms with Gasteiger partial charge in [-0.3, -0.25) is 42.9 Å². The summed E-state index contributed by atoms with van der Waals surface area (Å²) in [6, 6.07) is 55.5. The first-order chi connectivity index (χ1) is 61.7. The van der Waals surface area contributed by atoms with E-state index in [0.717, 1.165) is 21.3 Å². The van der Waals surface area contributed by atoms with Gasteiger partial charge in [-0.25, -0.2) is 19.7 Å². The minimum Gasteiger partial charge on any atom is -0.495 e. The third kappa shape index (κ3) is 22.7. The number of hydrogen-bond acceptors (Lipinski definition) is 16. The molecule has 0 aliphatic heterocycles. The lowest BCUT2D eigenvalue weighted by atomic mass is 9.95. The van der Waals surface area contributed by atoms with Gasteiger partial charge in [0.25, 0.3) is 16.7 Å². The topological polar surface area (TPSA) is 328 Å². The number of carbonyl (C=O) groups is 6. The lowest BCUT2D eigenvalue weighted by Crippen LogP contribution is -2.32. The Kier molecular flexibility index (Phi) is 29.3. The van der Waals surface area contributed by atoms with Gasteiger partial charge >= 0.3 is 24.5 Å². The highest BCUT2D eigenvalue weighted by molar-refractivity contribution is 6.32. The standard InChI is InChI=1S/2C32H25ClF3N3O4.C23H20ClNO5.C8H6F3N3/c2*1-18(40)22-10-9-21(33)15-23(22)24-16-30(42)39(17-29(24)43-2)27(13-19-6-4-3-5-7-19)28(41)14-20-8-11-25-26(12-20)38-31(37-25)32(34,35)36;1-14(26)17-9-8-16(24)11-18(17)19-12-22(27)25(13-21(19)30-2)20(23(28)29)10-15-6-4-3-5-7-15;9-8(10,11)7-13-5-2-1-4(12)3-6(5)14-7/h2*3-12,15-17,27H,13-14H2,1-2H3,(H,37,38);3-9,11-13,20H,10H2,1-2H3,(H,28,29);1-3H,12H2,(H,13,14). The highest BCUT2D eigenvalue weighted by Crippen LogP contribution is 2.40. The van der Waals surface area contributed by atoms with E-state index in [0.29, 0.717) is 82.0 Å². The van der Waals surface area contributed by atoms with Crippen LogP contribution in [-0.2, 0) is 65.0 Å². The summed E-state index contributed by atoms with van der Waals surface area (Å²) < 4.78 is 136. The highest BCUT2D eigenvalue weighted by Gasteiger charge is 2.38. The zero-order chi connectivity index (χ0) is 94.0. The summed E-state index contributed by atoms with van der Waals surface area (Å²) in [5.41, 5.74) is 12.0. The number of carbonyl (C=O) groups excluding carboxylic acids is 5. The number of carboxylic acids is 1. The lowest BCUT2D eigenvalue weighted by Gasteiger charge is -2.21. The summed E-state index contributed by atoms with van der Waals surface area (Å²) in [6.07, 6.45) is -9.35. The van der Waals surface area contributed by atoms with Crippen molar-refractivity contribution < 1.29 is 87.6 Å². The molecule has 0 aliphatic rings. The number of methoxy groups -OCH3 is 3. The van der Waals surface area contributed by atoms with Crippen molar-refractivity contribution in [3.05, 3.63) is 345 Å². The Labute approximate surface area is 747 Å². The average Bonchev–Trinajstić information content (AvgIpc) is 1.12. The molecule has 23 nitrogen and oxygen atoms in total. The average molecular weight is 1840 g/mol. The number of anilines is 1. The number of aromatic amines is 3. The minimum atomic E-state index is -4.64. The second-order valence-electron chi connectivity index (χ2n) is 29.7. The van der Waals surface area contributed by atoms with Crippen LogP contribution < -0.4 is 36.6 Å². The predicted octanol–water partition coefficient (Wildman–Crippen LogP) is 20.2. The van der Waals surface area contributed by atoms with Crippen molar-refractivity contribution in [3.63, 3.8) is 0 Å². The fourth-order valence-corrected chi connectivity index (χ4v) is 15.0. The number of hydrogen-bond donors (Lipinski definition) is 5. The molecule has 3 atom stereocenters. The molecule has 35 heteroatoms. The molecule has 0 aliphatic carbocycles. The van der Waals surface area contributed by atoms with Crippen LogP contribution in [0, 0.1) is 0 Å². The summed E-state index contributed by atoms with van der Waals surface area (Å²) in [6.45, 7) is 4.22. The van der Waals surface area contributed by atoms with Crippen LogP contribution in [0.3, 0.4) is 0 Å². The Morgan fingerprint density at radius 1 is 0.377 bits per heavy atom. The lowest BCUT2D eigenvalue weighted by molar-refractivity contribution is -0.144. The second-order valence-corrected chi connectivity index (χ2v) is 31.0. The zero-order valence-electron chi connectivity index (χ0n) is 69.4. The van der Waals surface area contributed by atoms with Crippen LogP contribution in [0.25, 0.3) is 66.5 Å². The third-order valence-electron chi connectivity index (χ3n) is 20.8. The van der Waals surface area contributed by atoms with E-state index in [1.807, 2.05) is 78.9 Å². The van der Waals surface area contributed by atoms with Gasteiger partial charge in [0.05, 0.1) is 85.1 Å². The van der Waals surface area contributed by atoms with E-state index >= 15 is 0 Å². The van der Waals surface area contributed by atoms with E-state index in [2.05, 4.69) is 29.9 Å². The van der Waals surface area contributed by atoms with Crippen LogP contribution >= 0.6 is 34.8 Å². The molecule has 6 heterocycles. The van der Waals surface area contributed by atoms with Crippen LogP contribution in [0.4, 0.5) is 45.2 Å². The van der Waals surface area contributed by atoms with Crippen molar-refractivity contribution in [1.29, 1.82) is 0 Å². The molecular weight excluding hydrogens is 1770 g/mol. The maximum absolute atomic E-state index is 13.8. The van der Waals surface area contributed by atoms with Crippen molar-refractivity contribution in [2.75, 3.05) is 27.1 Å². The molecular formula is C95H76Cl3F9N10O13. The Balaban J connectivity index is 0.000000166. The number of halogens is 12. The number of nitrogens with two attached hydrogens (primary N) is 1. The van der Waals surface area contributed by atoms with Gasteiger partial charge in [-0.05, 0) is 162 Å². The number of imidazole rings is 3. The number of ether oxygens (including phenoxy) is 3. The minimum absolute atomic E-state index is 0.117. The van der Waals surface area contributed by atoms with E-state index in [1.165, 1.54) is 143 Å². The van der Waals surface area contributed by atoms with Crippen LogP contribution in [-0.4, -0.2) is 105 Å². The monoisotopic (exact) mass is 1840 g/mol. The summed E-state index contributed by atoms with van der Waals surface area (Å²) in [5, 5.41) is 10.9. The molecule has 130 heavy (non-hydrogen) atoms. The number of carboxylic acid groups (broad SMARTS) is 1. The number of nitrogens with one attached hydrogen (secondary N) is 3. The fourth-order valence-electron chi connectivity index (χ4n) is 14.5. The number of ketones is 5. The molecule has 6 N–H and O–H groups in total. The molecule has 0 fully saturated rings. The van der Waals surface area contributed by atoms with Crippen molar-refractivity contribution >= 4 is 108 Å². The second kappa shape index (κ2) is 40.2. The van der Waals surface area contributed by atoms with Crippen LogP contribution in [0.5, 0.6) is 17.2 Å². The van der Waals surface area contributed by atoms with Gasteiger partial charge < -0.3 is 49.1 Å². The Hall–Kier alpha value is -14.5. The van der Waals surface area contributed by atoms with E-state index in [1.54, 1.807) is 66.7 Å². The number of Topliss-reactive ketones (excluding diaryl/α,β-unsaturated/α-hetero) is 5. The smallest absolute Gasteiger partial charge is 0.449 e. The summed E-state index contributed by atoms with van der Waals surface area (Å²) in [4.78, 5) is 134. The molecule has 0 spiro atoms. The summed E-state index contributed by atoms with van der Waals surface area (Å²) in [7, 11) is 4.24. The zero-order valence-corrected chi connectivity index (χ0v) is 71.7. The van der Waals surface area contributed by atoms with Crippen molar-refractivity contribution in [3.8, 4) is 50.6 Å². The number of nitrogen functional groups attached to an aromatic ring is 1. The van der Waals surface area contributed by atoms with E-state index in [-0.39, 0.29) is 111 Å². The van der Waals surface area contributed by atoms with Gasteiger partial charge in [0.15, 0.2) is 28.9 Å². The number of fused-ring (bicyclic) bond motifs is 3. The number of aliphatic carboxylic acids is 1. The molecule has 15 aromatic rings. The van der Waals surface area contributed by atoms with Crippen LogP contribution in [0.15, 0.2) is 251 Å². The first kappa shape index (κ1) is 94.6. The highest BCUT2D eigenvalue weighted by atomic mass is 35.5. The number of benzene rings is 9. The first-order valence-electron chi connectivity index (χ1n) is 39.3. The van der Waals surface area contributed by atoms with Crippen molar-refractivity contribution in [2.24, 2.45) is 0 Å². The van der Waals surface area contributed by atoms with E-state index in [9.17, 15) is 87.8 Å². The first-order valence-corrected chi connectivity index (χ1v) is 40.5. The normalized spacial score (nSPS) is 12.2. The molecule has 9 aromatic carbocycles. The van der Waals surface area contributed by atoms with E-state index < -0.39 is 76.8 Å². The number of alkyl halides is 9. The van der Waals surface area contributed by atoms with Crippen molar-refractivity contribution in [2.45, 2.75) is 89.5 Å². The number of nitrogens with zero attached hydrogens (tertiary/aromatic N) is 6. The maximum Gasteiger partial charge on any atom is 0.449 e. The molecule has 0 amide bonds. The molecule has 668 valence electrons. The Bertz CT molecular complexity index is 6720. The van der Waals surface area contributed by atoms with E-state index in [4.69, 9.17) is 54.7 Å². The SMILES string of the molecule is COc1cn(C(Cc2ccccc2)C(=O)Cc2ccc3nc(C(F)(F)F)[nH]c3c2)c(=O)cc1-c1cc(Cl)ccc1C(C)=O.COc1cn(C(Cc2ccccc2)C(=O)Cc2ccc3nc(C(F)(F)F)[nH]c3c2)c(=O)cc1-c1cc(Cl)ccc1C(C)=O.COc1cn(C(Cc2ccccc2)C(=O)O)c(=O)cc1-c1cc(Cl)ccc1C(C)=O.Nc1ccc2nc(C(F)(F)F)[nH]c2c1. The molecule has 6 aromatic heterocycles. The van der Waals surface area contributed by atoms with Gasteiger partial charge in [-0.2, -0.15) is 39.5 Å². The number of H-pyrrole nitrogens is 3. The number of pyridine rings is 3. The molecule has 0 saturated heterocycles. The fraction of sp³-hybridized carbons (Fsp3) is 0.179. The molecule has 15 rings (SSSR count). The van der Waals surface area contributed by atoms with Gasteiger partial charge in [0, 0.05) is 104 Å². The molecule has 0 radical (unpaired) electrons. The predicted molar refractivity (Wildman–Crippen MR) is 473 cm³/mol. The molecule has 0 saturated carbocycles. The summed E-state index contributed by atoms with van der Waals surface area (Å²) >= 11 is 18.5. The number of aromatic nitrogens is 9. The van der Waals surface area contributed by atoms with Crippen LogP contribution in [0.2, 0.25) is 15.1 Å².